The fourth-order valence-corrected chi connectivity index (χ4v) is 4.08. The maximum Gasteiger partial charge on any atom is 0.251 e. The molecule has 0 unspecified atom stereocenters. The molecule has 2 aromatic carbocycles. The standard InChI is InChI=1S/C22H24ClN5O2S/c1-4-28-20(15(3)24-21(30)16-8-6-5-7-9-16)26-27-22(28)31-13-19(29)25-18-11-10-17(23)12-14(18)2/h5-12,15H,4,13H2,1-3H3,(H,24,30)(H,25,29)/t15-/m1/s1. The summed E-state index contributed by atoms with van der Waals surface area (Å²) in [4.78, 5) is 24.8. The number of halogens is 1. The molecule has 0 fully saturated rings. The van der Waals surface area contributed by atoms with Crippen LogP contribution in [-0.4, -0.2) is 32.3 Å². The van der Waals surface area contributed by atoms with E-state index in [2.05, 4.69) is 20.8 Å². The van der Waals surface area contributed by atoms with Gasteiger partial charge in [0, 0.05) is 22.8 Å². The second-order valence-corrected chi connectivity index (χ2v) is 8.32. The number of aryl methyl sites for hydroxylation is 1. The van der Waals surface area contributed by atoms with Gasteiger partial charge in [-0.2, -0.15) is 0 Å². The Morgan fingerprint density at radius 2 is 1.90 bits per heavy atom. The molecular weight excluding hydrogens is 434 g/mol. The molecule has 2 amide bonds. The number of thioether (sulfide) groups is 1. The van der Waals surface area contributed by atoms with Gasteiger partial charge in [-0.15, -0.1) is 10.2 Å². The molecule has 31 heavy (non-hydrogen) atoms. The van der Waals surface area contributed by atoms with Crippen LogP contribution in [0.2, 0.25) is 5.02 Å². The van der Waals surface area contributed by atoms with Gasteiger partial charge in [-0.25, -0.2) is 0 Å². The van der Waals surface area contributed by atoms with Crippen LogP contribution in [0.4, 0.5) is 5.69 Å². The smallest absolute Gasteiger partial charge is 0.251 e. The van der Waals surface area contributed by atoms with Gasteiger partial charge in [0.25, 0.3) is 5.91 Å². The Labute approximate surface area is 190 Å². The third kappa shape index (κ3) is 5.86. The molecule has 0 aliphatic heterocycles. The Morgan fingerprint density at radius 1 is 1.16 bits per heavy atom. The molecule has 162 valence electrons. The third-order valence-electron chi connectivity index (χ3n) is 4.63. The molecule has 3 aromatic rings. The van der Waals surface area contributed by atoms with Crippen LogP contribution in [0.1, 0.15) is 41.6 Å². The largest absolute Gasteiger partial charge is 0.342 e. The molecule has 9 heteroatoms. The van der Waals surface area contributed by atoms with E-state index in [9.17, 15) is 9.59 Å². The molecular formula is C22H24ClN5O2S. The first kappa shape index (κ1) is 22.8. The van der Waals surface area contributed by atoms with Crippen LogP contribution in [0.5, 0.6) is 0 Å². The fraction of sp³-hybridized carbons (Fsp3) is 0.273. The van der Waals surface area contributed by atoms with Crippen LogP contribution in [0.25, 0.3) is 0 Å². The lowest BCUT2D eigenvalue weighted by Crippen LogP contribution is -2.28. The van der Waals surface area contributed by atoms with Crippen LogP contribution in [0.15, 0.2) is 53.7 Å². The molecule has 3 rings (SSSR count). The number of anilines is 1. The topological polar surface area (TPSA) is 88.9 Å². The summed E-state index contributed by atoms with van der Waals surface area (Å²) in [5, 5.41) is 15.6. The zero-order chi connectivity index (χ0) is 22.4. The average Bonchev–Trinajstić information content (AvgIpc) is 3.18. The molecule has 1 heterocycles. The van der Waals surface area contributed by atoms with E-state index in [1.165, 1.54) is 11.8 Å². The Morgan fingerprint density at radius 3 is 2.58 bits per heavy atom. The summed E-state index contributed by atoms with van der Waals surface area (Å²) in [5.74, 6) is 0.507. The highest BCUT2D eigenvalue weighted by molar-refractivity contribution is 7.99. The minimum absolute atomic E-state index is 0.145. The molecule has 1 aromatic heterocycles. The second-order valence-electron chi connectivity index (χ2n) is 6.94. The first-order valence-electron chi connectivity index (χ1n) is 9.86. The number of aromatic nitrogens is 3. The normalized spacial score (nSPS) is 11.7. The van der Waals surface area contributed by atoms with Crippen LogP contribution in [0, 0.1) is 6.92 Å². The molecule has 7 nitrogen and oxygen atoms in total. The lowest BCUT2D eigenvalue weighted by atomic mass is 10.2. The zero-order valence-corrected chi connectivity index (χ0v) is 19.1. The SMILES string of the molecule is CCn1c(SCC(=O)Nc2ccc(Cl)cc2C)nnc1[C@@H](C)NC(=O)c1ccccc1. The number of hydrogen-bond acceptors (Lipinski definition) is 5. The maximum atomic E-state index is 12.4. The molecule has 0 radical (unpaired) electrons. The van der Waals surface area contributed by atoms with Crippen LogP contribution < -0.4 is 10.6 Å². The second kappa shape index (κ2) is 10.5. The lowest BCUT2D eigenvalue weighted by Gasteiger charge is -2.15. The van der Waals surface area contributed by atoms with Crippen molar-refractivity contribution in [1.29, 1.82) is 0 Å². The number of hydrogen-bond donors (Lipinski definition) is 2. The van der Waals surface area contributed by atoms with Crippen molar-refractivity contribution in [2.24, 2.45) is 0 Å². The molecule has 0 saturated heterocycles. The van der Waals surface area contributed by atoms with E-state index in [-0.39, 0.29) is 23.6 Å². The highest BCUT2D eigenvalue weighted by Crippen LogP contribution is 2.23. The van der Waals surface area contributed by atoms with Crippen LogP contribution >= 0.6 is 23.4 Å². The van der Waals surface area contributed by atoms with Gasteiger partial charge in [0.15, 0.2) is 11.0 Å². The van der Waals surface area contributed by atoms with Gasteiger partial charge in [-0.3, -0.25) is 9.59 Å². The quantitative estimate of drug-likeness (QED) is 0.487. The monoisotopic (exact) mass is 457 g/mol. The first-order chi connectivity index (χ1) is 14.9. The Kier molecular flexibility index (Phi) is 7.70. The minimum Gasteiger partial charge on any atom is -0.342 e. The van der Waals surface area contributed by atoms with Gasteiger partial charge in [-0.05, 0) is 56.7 Å². The van der Waals surface area contributed by atoms with E-state index in [0.29, 0.717) is 28.1 Å². The Balaban J connectivity index is 1.62. The molecule has 1 atom stereocenters. The number of benzene rings is 2. The number of nitrogens with zero attached hydrogens (tertiary/aromatic N) is 3. The third-order valence-corrected chi connectivity index (χ3v) is 5.83. The van der Waals surface area contributed by atoms with Gasteiger partial charge in [0.05, 0.1) is 11.8 Å². The van der Waals surface area contributed by atoms with Crippen molar-refractivity contribution in [2.45, 2.75) is 38.5 Å². The number of rotatable bonds is 8. The summed E-state index contributed by atoms with van der Waals surface area (Å²) in [6.07, 6.45) is 0. The van der Waals surface area contributed by atoms with Crippen molar-refractivity contribution < 1.29 is 9.59 Å². The molecule has 2 N–H and O–H groups in total. The number of amides is 2. The average molecular weight is 458 g/mol. The Hall–Kier alpha value is -2.84. The highest BCUT2D eigenvalue weighted by atomic mass is 35.5. The number of carbonyl (C=O) groups is 2. The number of carbonyl (C=O) groups excluding carboxylic acids is 2. The summed E-state index contributed by atoms with van der Waals surface area (Å²) in [6.45, 7) is 6.34. The maximum absolute atomic E-state index is 12.4. The van der Waals surface area contributed by atoms with E-state index in [1.54, 1.807) is 30.3 Å². The van der Waals surface area contributed by atoms with Gasteiger partial charge in [0.1, 0.15) is 0 Å². The summed E-state index contributed by atoms with van der Waals surface area (Å²) >= 11 is 7.26. The van der Waals surface area contributed by atoms with Crippen LogP contribution in [-0.2, 0) is 11.3 Å². The summed E-state index contributed by atoms with van der Waals surface area (Å²) < 4.78 is 1.90. The van der Waals surface area contributed by atoms with Gasteiger partial charge in [0.2, 0.25) is 5.91 Å². The van der Waals surface area contributed by atoms with Crippen LogP contribution in [0.3, 0.4) is 0 Å². The molecule has 0 aliphatic rings. The van der Waals surface area contributed by atoms with Crippen molar-refractivity contribution in [3.05, 3.63) is 70.5 Å². The predicted octanol–water partition coefficient (Wildman–Crippen LogP) is 4.48. The van der Waals surface area contributed by atoms with E-state index in [1.807, 2.05) is 43.5 Å². The van der Waals surface area contributed by atoms with E-state index >= 15 is 0 Å². The van der Waals surface area contributed by atoms with E-state index in [4.69, 9.17) is 11.6 Å². The van der Waals surface area contributed by atoms with E-state index in [0.717, 1.165) is 11.3 Å². The fourth-order valence-electron chi connectivity index (χ4n) is 3.04. The first-order valence-corrected chi connectivity index (χ1v) is 11.2. The van der Waals surface area contributed by atoms with Crippen molar-refractivity contribution in [1.82, 2.24) is 20.1 Å². The predicted molar refractivity (Wildman–Crippen MR) is 124 cm³/mol. The number of nitrogens with one attached hydrogen (secondary N) is 2. The lowest BCUT2D eigenvalue weighted by molar-refractivity contribution is -0.113. The molecule has 0 saturated carbocycles. The molecule has 0 bridgehead atoms. The van der Waals surface area contributed by atoms with Crippen molar-refractivity contribution in [2.75, 3.05) is 11.1 Å². The highest BCUT2D eigenvalue weighted by Gasteiger charge is 2.20. The Bertz CT molecular complexity index is 1070. The molecule has 0 aliphatic carbocycles. The van der Waals surface area contributed by atoms with Crippen molar-refractivity contribution in [3.8, 4) is 0 Å². The summed E-state index contributed by atoms with van der Waals surface area (Å²) in [5.41, 5.74) is 2.21. The van der Waals surface area contributed by atoms with E-state index < -0.39 is 0 Å². The van der Waals surface area contributed by atoms with Gasteiger partial charge >= 0.3 is 0 Å². The summed E-state index contributed by atoms with van der Waals surface area (Å²) in [6, 6.07) is 14.0. The van der Waals surface area contributed by atoms with Crippen molar-refractivity contribution >= 4 is 40.9 Å². The zero-order valence-electron chi connectivity index (χ0n) is 17.6. The molecule has 0 spiro atoms. The van der Waals surface area contributed by atoms with Crippen molar-refractivity contribution in [3.63, 3.8) is 0 Å². The minimum atomic E-state index is -0.333. The van der Waals surface area contributed by atoms with Gasteiger partial charge in [-0.1, -0.05) is 41.6 Å². The van der Waals surface area contributed by atoms with Gasteiger partial charge < -0.3 is 15.2 Å². The summed E-state index contributed by atoms with van der Waals surface area (Å²) in [7, 11) is 0.